The molecule has 0 aliphatic carbocycles. The van der Waals surface area contributed by atoms with Crippen LogP contribution in [-0.4, -0.2) is 37.8 Å². The van der Waals surface area contributed by atoms with Gasteiger partial charge in [0.05, 0.1) is 0 Å². The molecule has 0 atom stereocenters. The highest BCUT2D eigenvalue weighted by Crippen LogP contribution is 2.22. The Bertz CT molecular complexity index is 537. The quantitative estimate of drug-likeness (QED) is 0.823. The molecular weight excluding hydrogens is 234 g/mol. The van der Waals surface area contributed by atoms with Gasteiger partial charge in [0.2, 0.25) is 0 Å². The lowest BCUT2D eigenvalue weighted by Gasteiger charge is -2.06. The van der Waals surface area contributed by atoms with Crippen LogP contribution in [0.5, 0.6) is 0 Å². The fraction of sp³-hybridized carbons (Fsp3) is 0.250. The van der Waals surface area contributed by atoms with E-state index in [1.807, 2.05) is 18.2 Å². The standard InChI is InChI=1S/C12H13N3O3/c16-8-4-7-15-11(9-5-2-1-3-6-9)10(12(17)18)13-14-15/h1-3,5-6,16H,4,7-8H2,(H,17,18). The first-order valence-electron chi connectivity index (χ1n) is 5.57. The van der Waals surface area contributed by atoms with E-state index in [1.165, 1.54) is 4.68 Å². The van der Waals surface area contributed by atoms with Gasteiger partial charge in [-0.1, -0.05) is 35.5 Å². The third kappa shape index (κ3) is 2.38. The van der Waals surface area contributed by atoms with Crippen molar-refractivity contribution >= 4 is 5.97 Å². The molecule has 0 radical (unpaired) electrons. The number of carboxylic acid groups (broad SMARTS) is 1. The van der Waals surface area contributed by atoms with Crippen LogP contribution in [-0.2, 0) is 6.54 Å². The first-order valence-corrected chi connectivity index (χ1v) is 5.57. The van der Waals surface area contributed by atoms with E-state index in [9.17, 15) is 4.79 Å². The second-order valence-electron chi connectivity index (χ2n) is 3.76. The minimum absolute atomic E-state index is 0.0243. The molecule has 0 aliphatic rings. The maximum absolute atomic E-state index is 11.1. The first-order chi connectivity index (χ1) is 8.74. The number of aliphatic hydroxyl groups excluding tert-OH is 1. The number of aryl methyl sites for hydroxylation is 1. The first kappa shape index (κ1) is 12.3. The summed E-state index contributed by atoms with van der Waals surface area (Å²) in [6.07, 6.45) is 0.502. The van der Waals surface area contributed by atoms with Crippen LogP contribution in [0.2, 0.25) is 0 Å². The van der Waals surface area contributed by atoms with Crippen molar-refractivity contribution in [3.63, 3.8) is 0 Å². The summed E-state index contributed by atoms with van der Waals surface area (Å²) < 4.78 is 1.51. The van der Waals surface area contributed by atoms with E-state index in [-0.39, 0.29) is 12.3 Å². The second-order valence-corrected chi connectivity index (χ2v) is 3.76. The van der Waals surface area contributed by atoms with E-state index in [2.05, 4.69) is 10.3 Å². The zero-order chi connectivity index (χ0) is 13.0. The predicted molar refractivity (Wildman–Crippen MR) is 64.1 cm³/mol. The number of carboxylic acids is 1. The minimum Gasteiger partial charge on any atom is -0.476 e. The lowest BCUT2D eigenvalue weighted by molar-refractivity contribution is 0.0691. The molecule has 1 aromatic heterocycles. The number of benzene rings is 1. The van der Waals surface area contributed by atoms with E-state index in [1.54, 1.807) is 12.1 Å². The highest BCUT2D eigenvalue weighted by atomic mass is 16.4. The summed E-state index contributed by atoms with van der Waals surface area (Å²) in [6.45, 7) is 0.456. The van der Waals surface area contributed by atoms with Gasteiger partial charge in [-0.3, -0.25) is 0 Å². The van der Waals surface area contributed by atoms with Gasteiger partial charge in [0.25, 0.3) is 0 Å². The zero-order valence-corrected chi connectivity index (χ0v) is 9.65. The molecule has 0 bridgehead atoms. The molecule has 2 aromatic rings. The Kier molecular flexibility index (Phi) is 3.69. The normalized spacial score (nSPS) is 10.5. The molecule has 2 N–H and O–H groups in total. The van der Waals surface area contributed by atoms with Crippen LogP contribution in [0.1, 0.15) is 16.9 Å². The van der Waals surface area contributed by atoms with Gasteiger partial charge < -0.3 is 10.2 Å². The topological polar surface area (TPSA) is 88.2 Å². The molecule has 0 aliphatic heterocycles. The fourth-order valence-corrected chi connectivity index (χ4v) is 1.72. The number of rotatable bonds is 5. The summed E-state index contributed by atoms with van der Waals surface area (Å²) in [7, 11) is 0. The van der Waals surface area contributed by atoms with Crippen molar-refractivity contribution in [2.75, 3.05) is 6.61 Å². The van der Waals surface area contributed by atoms with Crippen molar-refractivity contribution in [2.45, 2.75) is 13.0 Å². The Morgan fingerprint density at radius 1 is 1.28 bits per heavy atom. The molecule has 6 heteroatoms. The highest BCUT2D eigenvalue weighted by Gasteiger charge is 2.19. The Balaban J connectivity index is 2.47. The van der Waals surface area contributed by atoms with Gasteiger partial charge in [-0.05, 0) is 6.42 Å². The molecule has 0 unspecified atom stereocenters. The van der Waals surface area contributed by atoms with Crippen LogP contribution >= 0.6 is 0 Å². The minimum atomic E-state index is -1.11. The van der Waals surface area contributed by atoms with Gasteiger partial charge in [0, 0.05) is 18.7 Å². The number of aliphatic hydroxyl groups is 1. The van der Waals surface area contributed by atoms with Gasteiger partial charge in [-0.2, -0.15) is 0 Å². The van der Waals surface area contributed by atoms with E-state index in [0.29, 0.717) is 18.7 Å². The average Bonchev–Trinajstić information content (AvgIpc) is 2.81. The molecule has 0 spiro atoms. The molecule has 18 heavy (non-hydrogen) atoms. The van der Waals surface area contributed by atoms with E-state index < -0.39 is 5.97 Å². The average molecular weight is 247 g/mol. The Morgan fingerprint density at radius 3 is 2.61 bits per heavy atom. The summed E-state index contributed by atoms with van der Waals surface area (Å²) in [6, 6.07) is 9.11. The van der Waals surface area contributed by atoms with Crippen molar-refractivity contribution in [2.24, 2.45) is 0 Å². The largest absolute Gasteiger partial charge is 0.476 e. The van der Waals surface area contributed by atoms with Gasteiger partial charge in [0.15, 0.2) is 5.69 Å². The van der Waals surface area contributed by atoms with Crippen molar-refractivity contribution < 1.29 is 15.0 Å². The van der Waals surface area contributed by atoms with Crippen LogP contribution in [0.25, 0.3) is 11.3 Å². The molecular formula is C12H13N3O3. The number of nitrogens with zero attached hydrogens (tertiary/aromatic N) is 3. The van der Waals surface area contributed by atoms with Gasteiger partial charge >= 0.3 is 5.97 Å². The van der Waals surface area contributed by atoms with Crippen molar-refractivity contribution in [1.29, 1.82) is 0 Å². The molecule has 94 valence electrons. The van der Waals surface area contributed by atoms with Crippen LogP contribution in [0.3, 0.4) is 0 Å². The van der Waals surface area contributed by atoms with Crippen LogP contribution in [0, 0.1) is 0 Å². The second kappa shape index (κ2) is 5.42. The summed E-state index contributed by atoms with van der Waals surface area (Å²) in [5.41, 5.74) is 1.15. The molecule has 0 saturated carbocycles. The Hall–Kier alpha value is -2.21. The number of hydrogen-bond acceptors (Lipinski definition) is 4. The van der Waals surface area contributed by atoms with Crippen LogP contribution in [0.4, 0.5) is 0 Å². The number of aromatic nitrogens is 3. The fourth-order valence-electron chi connectivity index (χ4n) is 1.72. The summed E-state index contributed by atoms with van der Waals surface area (Å²) in [4.78, 5) is 11.1. The zero-order valence-electron chi connectivity index (χ0n) is 9.65. The van der Waals surface area contributed by atoms with E-state index in [4.69, 9.17) is 10.2 Å². The third-order valence-electron chi connectivity index (χ3n) is 2.51. The Labute approximate surface area is 103 Å². The maximum Gasteiger partial charge on any atom is 0.358 e. The van der Waals surface area contributed by atoms with Crippen LogP contribution < -0.4 is 0 Å². The van der Waals surface area contributed by atoms with Crippen LogP contribution in [0.15, 0.2) is 30.3 Å². The smallest absolute Gasteiger partial charge is 0.358 e. The van der Waals surface area contributed by atoms with Crippen molar-refractivity contribution in [3.8, 4) is 11.3 Å². The van der Waals surface area contributed by atoms with Crippen molar-refractivity contribution in [3.05, 3.63) is 36.0 Å². The monoisotopic (exact) mass is 247 g/mol. The van der Waals surface area contributed by atoms with Crippen molar-refractivity contribution in [1.82, 2.24) is 15.0 Å². The van der Waals surface area contributed by atoms with E-state index >= 15 is 0 Å². The van der Waals surface area contributed by atoms with Gasteiger partial charge in [0.1, 0.15) is 5.69 Å². The number of carbonyl (C=O) groups is 1. The predicted octanol–water partition coefficient (Wildman–Crippen LogP) is 1.03. The summed E-state index contributed by atoms with van der Waals surface area (Å²) >= 11 is 0. The molecule has 1 aromatic carbocycles. The molecule has 2 rings (SSSR count). The van der Waals surface area contributed by atoms with E-state index in [0.717, 1.165) is 5.56 Å². The Morgan fingerprint density at radius 2 is 2.00 bits per heavy atom. The lowest BCUT2D eigenvalue weighted by atomic mass is 10.1. The van der Waals surface area contributed by atoms with Gasteiger partial charge in [-0.25, -0.2) is 9.48 Å². The summed E-state index contributed by atoms with van der Waals surface area (Å²) in [5, 5.41) is 25.4. The number of aromatic carboxylic acids is 1. The third-order valence-corrected chi connectivity index (χ3v) is 2.51. The molecule has 0 fully saturated rings. The SMILES string of the molecule is O=C(O)c1nnn(CCCO)c1-c1ccccc1. The molecule has 0 saturated heterocycles. The lowest BCUT2D eigenvalue weighted by Crippen LogP contribution is -2.06. The van der Waals surface area contributed by atoms with Gasteiger partial charge in [-0.15, -0.1) is 5.10 Å². The molecule has 0 amide bonds. The molecule has 1 heterocycles. The number of hydrogen-bond donors (Lipinski definition) is 2. The summed E-state index contributed by atoms with van der Waals surface area (Å²) in [5.74, 6) is -1.11. The maximum atomic E-state index is 11.1. The highest BCUT2D eigenvalue weighted by molar-refractivity contribution is 5.92. The molecule has 6 nitrogen and oxygen atoms in total.